The molecule has 0 aliphatic rings. The maximum Gasteiger partial charge on any atom is 0.180 e. The van der Waals surface area contributed by atoms with Gasteiger partial charge in [0.25, 0.3) is 0 Å². The summed E-state index contributed by atoms with van der Waals surface area (Å²) in [7, 11) is 0. The standard InChI is InChI=1S/C8H13ClN2O/c1-3-4-6(12)8(11)7(9)5(2)10/h10H,3-4,11H2,1-2H3/b8-7+,10-5?. The predicted octanol–water partition coefficient (Wildman–Crippen LogP) is 1.80. The van der Waals surface area contributed by atoms with E-state index in [9.17, 15) is 4.79 Å². The molecule has 0 aromatic heterocycles. The second-order valence-electron chi connectivity index (χ2n) is 2.53. The summed E-state index contributed by atoms with van der Waals surface area (Å²) in [5.41, 5.74) is 5.53. The van der Waals surface area contributed by atoms with Crippen LogP contribution in [0.15, 0.2) is 10.7 Å². The Bertz CT molecular complexity index is 233. The summed E-state index contributed by atoms with van der Waals surface area (Å²) in [5.74, 6) is -0.186. The van der Waals surface area contributed by atoms with Gasteiger partial charge in [-0.2, -0.15) is 0 Å². The molecule has 0 aromatic carbocycles. The van der Waals surface area contributed by atoms with E-state index in [1.54, 1.807) is 0 Å². The summed E-state index contributed by atoms with van der Waals surface area (Å²) in [6.07, 6.45) is 1.12. The number of allylic oxidation sites excluding steroid dienone is 2. The summed E-state index contributed by atoms with van der Waals surface area (Å²) >= 11 is 5.61. The number of nitrogens with two attached hydrogens (primary N) is 1. The van der Waals surface area contributed by atoms with Crippen molar-refractivity contribution in [2.45, 2.75) is 26.7 Å². The van der Waals surface area contributed by atoms with E-state index in [4.69, 9.17) is 22.7 Å². The third kappa shape index (κ3) is 3.05. The summed E-state index contributed by atoms with van der Waals surface area (Å²) < 4.78 is 0. The van der Waals surface area contributed by atoms with Crippen molar-refractivity contribution in [3.05, 3.63) is 10.7 Å². The molecule has 12 heavy (non-hydrogen) atoms. The van der Waals surface area contributed by atoms with Crippen LogP contribution in [-0.2, 0) is 4.79 Å². The van der Waals surface area contributed by atoms with Gasteiger partial charge in [0, 0.05) is 12.1 Å². The van der Waals surface area contributed by atoms with Gasteiger partial charge in [0.05, 0.1) is 10.7 Å². The maximum atomic E-state index is 11.1. The molecule has 0 aromatic rings. The fourth-order valence-electron chi connectivity index (χ4n) is 0.686. The SMILES string of the molecule is CCCC(=O)/C(N)=C(\Cl)C(C)=N. The molecule has 3 N–H and O–H groups in total. The second kappa shape index (κ2) is 4.93. The van der Waals surface area contributed by atoms with Crippen molar-refractivity contribution in [3.8, 4) is 0 Å². The van der Waals surface area contributed by atoms with E-state index >= 15 is 0 Å². The largest absolute Gasteiger partial charge is 0.395 e. The Morgan fingerprint density at radius 2 is 2.08 bits per heavy atom. The first kappa shape index (κ1) is 11.2. The highest BCUT2D eigenvalue weighted by Crippen LogP contribution is 2.09. The average Bonchev–Trinajstić information content (AvgIpc) is 2.02. The van der Waals surface area contributed by atoms with Crippen LogP contribution in [0.25, 0.3) is 0 Å². The Kier molecular flexibility index (Phi) is 4.59. The molecule has 0 atom stereocenters. The van der Waals surface area contributed by atoms with E-state index in [0.29, 0.717) is 6.42 Å². The number of ketones is 1. The van der Waals surface area contributed by atoms with Crippen LogP contribution in [0, 0.1) is 5.41 Å². The minimum atomic E-state index is -0.186. The molecule has 0 aliphatic heterocycles. The minimum Gasteiger partial charge on any atom is -0.395 e. The van der Waals surface area contributed by atoms with Crippen LogP contribution in [0.4, 0.5) is 0 Å². The molecule has 0 saturated heterocycles. The number of carbonyl (C=O) groups is 1. The molecule has 0 bridgehead atoms. The van der Waals surface area contributed by atoms with Crippen LogP contribution in [0.2, 0.25) is 0 Å². The van der Waals surface area contributed by atoms with Crippen LogP contribution in [0.3, 0.4) is 0 Å². The van der Waals surface area contributed by atoms with Crippen LogP contribution in [0.5, 0.6) is 0 Å². The molecular formula is C8H13ClN2O. The molecule has 0 unspecified atom stereocenters. The molecule has 4 heteroatoms. The lowest BCUT2D eigenvalue weighted by molar-refractivity contribution is -0.115. The number of hydrogen-bond acceptors (Lipinski definition) is 3. The molecular weight excluding hydrogens is 176 g/mol. The van der Waals surface area contributed by atoms with Crippen molar-refractivity contribution >= 4 is 23.1 Å². The quantitative estimate of drug-likeness (QED) is 0.522. The summed E-state index contributed by atoms with van der Waals surface area (Å²) in [6, 6.07) is 0. The van der Waals surface area contributed by atoms with Gasteiger partial charge in [-0.15, -0.1) is 0 Å². The molecule has 68 valence electrons. The van der Waals surface area contributed by atoms with Gasteiger partial charge in [-0.05, 0) is 13.3 Å². The van der Waals surface area contributed by atoms with Crippen LogP contribution in [-0.4, -0.2) is 11.5 Å². The lowest BCUT2D eigenvalue weighted by Gasteiger charge is -2.01. The van der Waals surface area contributed by atoms with Crippen LogP contribution >= 0.6 is 11.6 Å². The molecule has 0 radical (unpaired) electrons. The topological polar surface area (TPSA) is 66.9 Å². The van der Waals surface area contributed by atoms with E-state index in [0.717, 1.165) is 6.42 Å². The summed E-state index contributed by atoms with van der Waals surface area (Å²) in [4.78, 5) is 11.1. The molecule has 0 fully saturated rings. The van der Waals surface area contributed by atoms with Gasteiger partial charge in [0.15, 0.2) is 5.78 Å². The number of nitrogens with one attached hydrogen (secondary N) is 1. The monoisotopic (exact) mass is 188 g/mol. The number of Topliss-reactive ketones (excluding diaryl/α,β-unsaturated/α-hetero) is 1. The zero-order valence-corrected chi connectivity index (χ0v) is 8.03. The lowest BCUT2D eigenvalue weighted by Crippen LogP contribution is -2.14. The van der Waals surface area contributed by atoms with Gasteiger partial charge in [0.2, 0.25) is 0 Å². The highest BCUT2D eigenvalue weighted by atomic mass is 35.5. The zero-order chi connectivity index (χ0) is 9.72. The lowest BCUT2D eigenvalue weighted by atomic mass is 10.1. The highest BCUT2D eigenvalue weighted by Gasteiger charge is 2.10. The number of hydrogen-bond donors (Lipinski definition) is 2. The van der Waals surface area contributed by atoms with E-state index in [1.165, 1.54) is 6.92 Å². The normalized spacial score (nSPS) is 12.2. The van der Waals surface area contributed by atoms with Gasteiger partial charge in [-0.1, -0.05) is 18.5 Å². The number of rotatable bonds is 4. The first-order valence-electron chi connectivity index (χ1n) is 3.74. The Morgan fingerprint density at radius 3 is 2.42 bits per heavy atom. The van der Waals surface area contributed by atoms with Gasteiger partial charge >= 0.3 is 0 Å². The molecule has 0 amide bonds. The molecule has 0 aliphatic carbocycles. The smallest absolute Gasteiger partial charge is 0.180 e. The molecule has 0 heterocycles. The predicted molar refractivity (Wildman–Crippen MR) is 50.4 cm³/mol. The summed E-state index contributed by atoms with van der Waals surface area (Å²) in [6.45, 7) is 3.38. The van der Waals surface area contributed by atoms with Crippen molar-refractivity contribution in [2.24, 2.45) is 5.73 Å². The van der Waals surface area contributed by atoms with Gasteiger partial charge in [-0.3, -0.25) is 4.79 Å². The number of halogens is 1. The molecule has 3 nitrogen and oxygen atoms in total. The minimum absolute atomic E-state index is 0.00557. The Morgan fingerprint density at radius 1 is 1.58 bits per heavy atom. The average molecular weight is 189 g/mol. The van der Waals surface area contributed by atoms with Gasteiger partial charge in [0.1, 0.15) is 0 Å². The van der Waals surface area contributed by atoms with Crippen molar-refractivity contribution in [1.82, 2.24) is 0 Å². The van der Waals surface area contributed by atoms with E-state index < -0.39 is 0 Å². The van der Waals surface area contributed by atoms with Gasteiger partial charge < -0.3 is 11.1 Å². The van der Waals surface area contributed by atoms with Crippen molar-refractivity contribution in [1.29, 1.82) is 5.41 Å². The first-order valence-corrected chi connectivity index (χ1v) is 4.12. The fourth-order valence-corrected chi connectivity index (χ4v) is 0.792. The van der Waals surface area contributed by atoms with E-state index in [-0.39, 0.29) is 22.2 Å². The van der Waals surface area contributed by atoms with Crippen molar-refractivity contribution in [3.63, 3.8) is 0 Å². The molecule has 0 rings (SSSR count). The maximum absolute atomic E-state index is 11.1. The first-order chi connectivity index (χ1) is 5.50. The third-order valence-electron chi connectivity index (χ3n) is 1.34. The van der Waals surface area contributed by atoms with E-state index in [2.05, 4.69) is 0 Å². The highest BCUT2D eigenvalue weighted by molar-refractivity contribution is 6.44. The third-order valence-corrected chi connectivity index (χ3v) is 1.83. The van der Waals surface area contributed by atoms with Crippen LogP contribution < -0.4 is 5.73 Å². The Hall–Kier alpha value is -0.830. The zero-order valence-electron chi connectivity index (χ0n) is 7.28. The second-order valence-corrected chi connectivity index (χ2v) is 2.90. The van der Waals surface area contributed by atoms with Crippen molar-refractivity contribution in [2.75, 3.05) is 0 Å². The Labute approximate surface area is 77.1 Å². The van der Waals surface area contributed by atoms with E-state index in [1.807, 2.05) is 6.92 Å². The molecule has 0 saturated carbocycles. The van der Waals surface area contributed by atoms with Crippen molar-refractivity contribution < 1.29 is 4.79 Å². The van der Waals surface area contributed by atoms with Crippen LogP contribution in [0.1, 0.15) is 26.7 Å². The Balaban J connectivity index is 4.55. The fraction of sp³-hybridized carbons (Fsp3) is 0.500. The molecule has 0 spiro atoms. The number of carbonyl (C=O) groups excluding carboxylic acids is 1. The summed E-state index contributed by atoms with van der Waals surface area (Å²) in [5, 5.41) is 7.20. The van der Waals surface area contributed by atoms with Gasteiger partial charge in [-0.25, -0.2) is 0 Å².